The maximum atomic E-state index is 13.1. The zero-order valence-corrected chi connectivity index (χ0v) is 18.6. The lowest BCUT2D eigenvalue weighted by Gasteiger charge is -2.22. The second-order valence-electron chi connectivity index (χ2n) is 6.06. The van der Waals surface area contributed by atoms with Crippen LogP contribution < -0.4 is 8.92 Å². The van der Waals surface area contributed by atoms with Gasteiger partial charge in [-0.05, 0) is 42.0 Å². The molecule has 0 N–H and O–H groups in total. The van der Waals surface area contributed by atoms with Gasteiger partial charge in [0.1, 0.15) is 0 Å². The van der Waals surface area contributed by atoms with Crippen molar-refractivity contribution in [2.24, 2.45) is 0 Å². The monoisotopic (exact) mass is 463 g/mol. The van der Waals surface area contributed by atoms with Gasteiger partial charge in [0.05, 0.1) is 24.9 Å². The Balaban J connectivity index is 2.39. The molecule has 0 fully saturated rings. The number of nitrogens with zero attached hydrogens (tertiary/aromatic N) is 1. The van der Waals surface area contributed by atoms with E-state index in [1.54, 1.807) is 6.07 Å². The lowest BCUT2D eigenvalue weighted by atomic mass is 10.2. The minimum atomic E-state index is -3.85. The zero-order chi connectivity index (χ0) is 21.7. The quantitative estimate of drug-likeness (QED) is 0.499. The first-order valence-corrected chi connectivity index (χ1v) is 12.0. The van der Waals surface area contributed by atoms with Crippen LogP contribution in [-0.4, -0.2) is 54.8 Å². The fourth-order valence-corrected chi connectivity index (χ4v) is 4.48. The number of hydrogen-bond donors (Lipinski definition) is 0. The Morgan fingerprint density at radius 3 is 2.17 bits per heavy atom. The van der Waals surface area contributed by atoms with Crippen LogP contribution in [0.15, 0.2) is 47.4 Å². The molecule has 2 rings (SSSR count). The van der Waals surface area contributed by atoms with Gasteiger partial charge in [0, 0.05) is 25.2 Å². The molecule has 0 radical (unpaired) electrons. The molecule has 2 aromatic carbocycles. The SMILES string of the molecule is COCCN(Cc1ccc(OC)c(OS(C)(=O)=O)c1)S(=O)(=O)c1ccc(Cl)cc1. The van der Waals surface area contributed by atoms with Crippen molar-refractivity contribution >= 4 is 31.7 Å². The van der Waals surface area contributed by atoms with Gasteiger partial charge in [0.2, 0.25) is 10.0 Å². The van der Waals surface area contributed by atoms with Gasteiger partial charge in [-0.2, -0.15) is 12.7 Å². The summed E-state index contributed by atoms with van der Waals surface area (Å²) in [5.74, 6) is 0.186. The van der Waals surface area contributed by atoms with Gasteiger partial charge in [-0.15, -0.1) is 0 Å². The molecule has 0 unspecified atom stereocenters. The topological polar surface area (TPSA) is 99.2 Å². The summed E-state index contributed by atoms with van der Waals surface area (Å²) in [4.78, 5) is 0.0825. The molecular formula is C18H22ClNO7S2. The maximum Gasteiger partial charge on any atom is 0.306 e. The maximum absolute atomic E-state index is 13.1. The normalized spacial score (nSPS) is 12.2. The Hall–Kier alpha value is -1.85. The van der Waals surface area contributed by atoms with Crippen molar-refractivity contribution in [1.82, 2.24) is 4.31 Å². The number of benzene rings is 2. The standard InChI is InChI=1S/C18H22ClNO7S2/c1-25-11-10-20(29(23,24)16-7-5-15(19)6-8-16)13-14-4-9-17(26-2)18(12-14)27-28(3,21)22/h4-9,12H,10-11,13H2,1-3H3. The fraction of sp³-hybridized carbons (Fsp3) is 0.333. The highest BCUT2D eigenvalue weighted by molar-refractivity contribution is 7.89. The van der Waals surface area contributed by atoms with Gasteiger partial charge < -0.3 is 13.7 Å². The van der Waals surface area contributed by atoms with E-state index in [9.17, 15) is 16.8 Å². The first-order chi connectivity index (χ1) is 13.6. The van der Waals surface area contributed by atoms with E-state index >= 15 is 0 Å². The van der Waals surface area contributed by atoms with Crippen LogP contribution in [0.3, 0.4) is 0 Å². The van der Waals surface area contributed by atoms with Crippen LogP contribution in [0, 0.1) is 0 Å². The average molecular weight is 464 g/mol. The molecule has 11 heteroatoms. The van der Waals surface area contributed by atoms with Crippen molar-refractivity contribution in [1.29, 1.82) is 0 Å². The van der Waals surface area contributed by atoms with Crippen molar-refractivity contribution in [3.63, 3.8) is 0 Å². The van der Waals surface area contributed by atoms with Crippen LogP contribution in [0.4, 0.5) is 0 Å². The van der Waals surface area contributed by atoms with Crippen molar-refractivity contribution in [2.75, 3.05) is 33.6 Å². The molecule has 2 aromatic rings. The molecule has 0 aliphatic heterocycles. The van der Waals surface area contributed by atoms with E-state index in [0.29, 0.717) is 10.6 Å². The van der Waals surface area contributed by atoms with E-state index in [2.05, 4.69) is 0 Å². The Morgan fingerprint density at radius 2 is 1.62 bits per heavy atom. The molecule has 0 saturated heterocycles. The first kappa shape index (κ1) is 23.4. The van der Waals surface area contributed by atoms with Crippen LogP contribution in [0.25, 0.3) is 0 Å². The van der Waals surface area contributed by atoms with Crippen LogP contribution in [0.2, 0.25) is 5.02 Å². The molecule has 8 nitrogen and oxygen atoms in total. The molecule has 0 aliphatic carbocycles. The molecule has 29 heavy (non-hydrogen) atoms. The van der Waals surface area contributed by atoms with Crippen molar-refractivity contribution < 1.29 is 30.5 Å². The Bertz CT molecular complexity index is 1040. The van der Waals surface area contributed by atoms with E-state index in [-0.39, 0.29) is 36.1 Å². The summed E-state index contributed by atoms with van der Waals surface area (Å²) in [6.07, 6.45) is 0.912. The molecule has 0 saturated carbocycles. The average Bonchev–Trinajstić information content (AvgIpc) is 2.64. The van der Waals surface area contributed by atoms with Crippen molar-refractivity contribution in [3.05, 3.63) is 53.1 Å². The minimum Gasteiger partial charge on any atom is -0.493 e. The summed E-state index contributed by atoms with van der Waals surface area (Å²) in [7, 11) is -4.79. The smallest absolute Gasteiger partial charge is 0.306 e. The molecule has 0 aromatic heterocycles. The lowest BCUT2D eigenvalue weighted by molar-refractivity contribution is 0.177. The molecule has 0 amide bonds. The van der Waals surface area contributed by atoms with Crippen LogP contribution in [0.1, 0.15) is 5.56 Å². The summed E-state index contributed by atoms with van der Waals surface area (Å²) in [5, 5.41) is 0.421. The molecule has 0 aliphatic rings. The zero-order valence-electron chi connectivity index (χ0n) is 16.2. The summed E-state index contributed by atoms with van der Waals surface area (Å²) < 4.78 is 65.5. The highest BCUT2D eigenvalue weighted by atomic mass is 35.5. The largest absolute Gasteiger partial charge is 0.493 e. The molecule has 0 heterocycles. The third kappa shape index (κ3) is 6.58. The number of sulfonamides is 1. The van der Waals surface area contributed by atoms with Gasteiger partial charge >= 0.3 is 10.1 Å². The number of hydrogen-bond acceptors (Lipinski definition) is 7. The third-order valence-electron chi connectivity index (χ3n) is 3.82. The second kappa shape index (κ2) is 9.77. The highest BCUT2D eigenvalue weighted by Gasteiger charge is 2.25. The van der Waals surface area contributed by atoms with Crippen LogP contribution in [-0.2, 0) is 31.4 Å². The summed E-state index contributed by atoms with van der Waals surface area (Å²) in [6.45, 7) is 0.240. The highest BCUT2D eigenvalue weighted by Crippen LogP contribution is 2.30. The molecular weight excluding hydrogens is 442 g/mol. The molecule has 0 spiro atoms. The van der Waals surface area contributed by atoms with Gasteiger partial charge in [-0.3, -0.25) is 0 Å². The fourth-order valence-electron chi connectivity index (χ4n) is 2.48. The number of halogens is 1. The van der Waals surface area contributed by atoms with Crippen molar-refractivity contribution in [3.8, 4) is 11.5 Å². The van der Waals surface area contributed by atoms with Gasteiger partial charge in [-0.25, -0.2) is 8.42 Å². The van der Waals surface area contributed by atoms with Gasteiger partial charge in [-0.1, -0.05) is 17.7 Å². The predicted molar refractivity (Wildman–Crippen MR) is 109 cm³/mol. The molecule has 0 bridgehead atoms. The second-order valence-corrected chi connectivity index (χ2v) is 10.0. The summed E-state index contributed by atoms with van der Waals surface area (Å²) >= 11 is 5.85. The lowest BCUT2D eigenvalue weighted by Crippen LogP contribution is -2.33. The molecule has 160 valence electrons. The van der Waals surface area contributed by atoms with E-state index in [4.69, 9.17) is 25.3 Å². The Kier molecular flexibility index (Phi) is 7.89. The van der Waals surface area contributed by atoms with Gasteiger partial charge in [0.15, 0.2) is 11.5 Å². The molecule has 0 atom stereocenters. The van der Waals surface area contributed by atoms with E-state index in [1.807, 2.05) is 0 Å². The number of ether oxygens (including phenoxy) is 2. The minimum absolute atomic E-state index is 0.0249. The van der Waals surface area contributed by atoms with Gasteiger partial charge in [0.25, 0.3) is 0 Å². The number of methoxy groups -OCH3 is 2. The van der Waals surface area contributed by atoms with Crippen molar-refractivity contribution in [2.45, 2.75) is 11.4 Å². The predicted octanol–water partition coefficient (Wildman–Crippen LogP) is 2.52. The van der Waals surface area contributed by atoms with Crippen LogP contribution in [0.5, 0.6) is 11.5 Å². The van der Waals surface area contributed by atoms with E-state index < -0.39 is 20.1 Å². The van der Waals surface area contributed by atoms with E-state index in [1.165, 1.54) is 54.9 Å². The number of rotatable bonds is 10. The summed E-state index contributed by atoms with van der Waals surface area (Å²) in [5.41, 5.74) is 0.512. The Morgan fingerprint density at radius 1 is 0.966 bits per heavy atom. The first-order valence-electron chi connectivity index (χ1n) is 8.38. The summed E-state index contributed by atoms with van der Waals surface area (Å²) in [6, 6.07) is 10.4. The Labute approximate surface area is 176 Å². The third-order valence-corrected chi connectivity index (χ3v) is 6.42. The van der Waals surface area contributed by atoms with E-state index in [0.717, 1.165) is 6.26 Å². The van der Waals surface area contributed by atoms with Crippen LogP contribution >= 0.6 is 11.6 Å².